The zero-order valence-electron chi connectivity index (χ0n) is 8.36. The van der Waals surface area contributed by atoms with Gasteiger partial charge in [0.25, 0.3) is 0 Å². The number of hydrogen-bond acceptors (Lipinski definition) is 2. The molecule has 0 spiro atoms. The summed E-state index contributed by atoms with van der Waals surface area (Å²) in [5.41, 5.74) is 0.848. The van der Waals surface area contributed by atoms with E-state index in [0.717, 1.165) is 5.56 Å². The van der Waals surface area contributed by atoms with Gasteiger partial charge in [0.1, 0.15) is 17.3 Å². The topological polar surface area (TPSA) is 22.1 Å². The SMILES string of the molecule is Fc1ccc(Oc2cnccc2CCl)cc1. The highest BCUT2D eigenvalue weighted by Gasteiger charge is 2.03. The summed E-state index contributed by atoms with van der Waals surface area (Å²) in [6, 6.07) is 7.57. The zero-order valence-corrected chi connectivity index (χ0v) is 9.12. The molecule has 0 unspecified atom stereocenters. The van der Waals surface area contributed by atoms with Crippen molar-refractivity contribution in [1.29, 1.82) is 0 Å². The molecule has 4 heteroatoms. The van der Waals surface area contributed by atoms with Gasteiger partial charge in [-0.3, -0.25) is 4.98 Å². The van der Waals surface area contributed by atoms with Crippen molar-refractivity contribution in [3.8, 4) is 11.5 Å². The van der Waals surface area contributed by atoms with E-state index in [1.807, 2.05) is 0 Å². The Labute approximate surface area is 97.7 Å². The summed E-state index contributed by atoms with van der Waals surface area (Å²) < 4.78 is 18.2. The van der Waals surface area contributed by atoms with E-state index in [4.69, 9.17) is 16.3 Å². The number of benzene rings is 1. The largest absolute Gasteiger partial charge is 0.455 e. The van der Waals surface area contributed by atoms with Crippen molar-refractivity contribution in [1.82, 2.24) is 4.98 Å². The third-order valence-electron chi connectivity index (χ3n) is 2.06. The highest BCUT2D eigenvalue weighted by Crippen LogP contribution is 2.25. The van der Waals surface area contributed by atoms with Gasteiger partial charge < -0.3 is 4.74 Å². The van der Waals surface area contributed by atoms with Crippen molar-refractivity contribution < 1.29 is 9.13 Å². The molecular formula is C12H9ClFNO. The third kappa shape index (κ3) is 2.49. The van der Waals surface area contributed by atoms with Gasteiger partial charge in [-0.2, -0.15) is 0 Å². The minimum absolute atomic E-state index is 0.295. The number of alkyl halides is 1. The van der Waals surface area contributed by atoms with E-state index in [1.165, 1.54) is 12.1 Å². The molecule has 1 aromatic carbocycles. The second kappa shape index (κ2) is 4.94. The quantitative estimate of drug-likeness (QED) is 0.759. The fourth-order valence-electron chi connectivity index (χ4n) is 1.24. The van der Waals surface area contributed by atoms with Gasteiger partial charge in [0.2, 0.25) is 0 Å². The lowest BCUT2D eigenvalue weighted by atomic mass is 10.3. The lowest BCUT2D eigenvalue weighted by Crippen LogP contribution is -1.90. The number of rotatable bonds is 3. The van der Waals surface area contributed by atoms with Crippen LogP contribution in [0, 0.1) is 5.82 Å². The van der Waals surface area contributed by atoms with Gasteiger partial charge in [0.15, 0.2) is 0 Å². The third-order valence-corrected chi connectivity index (χ3v) is 2.34. The Hall–Kier alpha value is -1.61. The Morgan fingerprint density at radius 2 is 1.94 bits per heavy atom. The molecule has 0 bridgehead atoms. The molecule has 0 aliphatic rings. The van der Waals surface area contributed by atoms with Crippen LogP contribution in [0.4, 0.5) is 4.39 Å². The first-order chi connectivity index (χ1) is 7.79. The molecule has 0 aliphatic carbocycles. The first-order valence-corrected chi connectivity index (χ1v) is 5.25. The average molecular weight is 238 g/mol. The van der Waals surface area contributed by atoms with E-state index in [0.29, 0.717) is 17.4 Å². The summed E-state index contributed by atoms with van der Waals surface area (Å²) in [5.74, 6) is 1.19. The van der Waals surface area contributed by atoms with Crippen molar-refractivity contribution in [3.63, 3.8) is 0 Å². The molecule has 0 N–H and O–H groups in total. The van der Waals surface area contributed by atoms with Gasteiger partial charge >= 0.3 is 0 Å². The van der Waals surface area contributed by atoms with E-state index in [-0.39, 0.29) is 5.82 Å². The molecule has 1 heterocycles. The van der Waals surface area contributed by atoms with Crippen LogP contribution in [-0.4, -0.2) is 4.98 Å². The fourth-order valence-corrected chi connectivity index (χ4v) is 1.46. The van der Waals surface area contributed by atoms with Crippen molar-refractivity contribution in [3.05, 3.63) is 54.1 Å². The van der Waals surface area contributed by atoms with Gasteiger partial charge in [-0.05, 0) is 30.3 Å². The number of ether oxygens (including phenoxy) is 1. The number of halogens is 2. The first kappa shape index (κ1) is 10.9. The monoisotopic (exact) mass is 237 g/mol. The molecule has 2 nitrogen and oxygen atoms in total. The van der Waals surface area contributed by atoms with Crippen LogP contribution >= 0.6 is 11.6 Å². The average Bonchev–Trinajstić information content (AvgIpc) is 2.33. The molecule has 82 valence electrons. The van der Waals surface area contributed by atoms with Crippen LogP contribution in [0.2, 0.25) is 0 Å². The molecule has 1 aromatic heterocycles. The van der Waals surface area contributed by atoms with Crippen LogP contribution < -0.4 is 4.74 Å². The minimum atomic E-state index is -0.295. The van der Waals surface area contributed by atoms with Crippen LogP contribution in [0.5, 0.6) is 11.5 Å². The van der Waals surface area contributed by atoms with Gasteiger partial charge in [-0.25, -0.2) is 4.39 Å². The number of nitrogens with zero attached hydrogens (tertiary/aromatic N) is 1. The van der Waals surface area contributed by atoms with E-state index >= 15 is 0 Å². The van der Waals surface area contributed by atoms with Gasteiger partial charge in [0.05, 0.1) is 12.1 Å². The lowest BCUT2D eigenvalue weighted by molar-refractivity contribution is 0.474. The predicted octanol–water partition coefficient (Wildman–Crippen LogP) is 3.75. The zero-order chi connectivity index (χ0) is 11.4. The molecule has 0 radical (unpaired) electrons. The Morgan fingerprint density at radius 1 is 1.19 bits per heavy atom. The van der Waals surface area contributed by atoms with E-state index in [2.05, 4.69) is 4.98 Å². The maximum absolute atomic E-state index is 12.7. The van der Waals surface area contributed by atoms with Gasteiger partial charge in [-0.1, -0.05) is 0 Å². The first-order valence-electron chi connectivity index (χ1n) is 4.72. The highest BCUT2D eigenvalue weighted by molar-refractivity contribution is 6.17. The minimum Gasteiger partial charge on any atom is -0.455 e. The number of hydrogen-bond donors (Lipinski definition) is 0. The fraction of sp³-hybridized carbons (Fsp3) is 0.0833. The summed E-state index contributed by atoms with van der Waals surface area (Å²) in [6.07, 6.45) is 3.23. The Balaban J connectivity index is 2.23. The molecule has 0 saturated carbocycles. The summed E-state index contributed by atoms with van der Waals surface area (Å²) in [7, 11) is 0. The molecule has 2 aromatic rings. The van der Waals surface area contributed by atoms with Crippen molar-refractivity contribution in [2.24, 2.45) is 0 Å². The summed E-state index contributed by atoms with van der Waals surface area (Å²) in [5, 5.41) is 0. The number of pyridine rings is 1. The van der Waals surface area contributed by atoms with Crippen LogP contribution in [-0.2, 0) is 5.88 Å². The standard InChI is InChI=1S/C12H9ClFNO/c13-7-9-5-6-15-8-12(9)16-11-3-1-10(14)2-4-11/h1-6,8H,7H2. The molecule has 16 heavy (non-hydrogen) atoms. The van der Waals surface area contributed by atoms with Crippen LogP contribution in [0.15, 0.2) is 42.7 Å². The van der Waals surface area contributed by atoms with Crippen LogP contribution in [0.1, 0.15) is 5.56 Å². The molecular weight excluding hydrogens is 229 g/mol. The molecule has 0 atom stereocenters. The second-order valence-corrected chi connectivity index (χ2v) is 3.44. The summed E-state index contributed by atoms with van der Waals surface area (Å²) >= 11 is 5.76. The lowest BCUT2D eigenvalue weighted by Gasteiger charge is -2.08. The normalized spacial score (nSPS) is 10.1. The maximum atomic E-state index is 12.7. The highest BCUT2D eigenvalue weighted by atomic mass is 35.5. The van der Waals surface area contributed by atoms with Gasteiger partial charge in [0, 0.05) is 11.8 Å². The van der Waals surface area contributed by atoms with Crippen molar-refractivity contribution in [2.75, 3.05) is 0 Å². The van der Waals surface area contributed by atoms with E-state index in [1.54, 1.807) is 30.6 Å². The number of aromatic nitrogens is 1. The summed E-state index contributed by atoms with van der Waals surface area (Å²) in [6.45, 7) is 0. The molecule has 0 amide bonds. The van der Waals surface area contributed by atoms with Crippen molar-refractivity contribution in [2.45, 2.75) is 5.88 Å². The predicted molar refractivity (Wildman–Crippen MR) is 60.3 cm³/mol. The second-order valence-electron chi connectivity index (χ2n) is 3.17. The molecule has 0 aliphatic heterocycles. The molecule has 0 saturated heterocycles. The van der Waals surface area contributed by atoms with Gasteiger partial charge in [-0.15, -0.1) is 11.6 Å². The Kier molecular flexibility index (Phi) is 3.37. The Morgan fingerprint density at radius 3 is 2.62 bits per heavy atom. The van der Waals surface area contributed by atoms with Crippen molar-refractivity contribution >= 4 is 11.6 Å². The van der Waals surface area contributed by atoms with E-state index in [9.17, 15) is 4.39 Å². The van der Waals surface area contributed by atoms with E-state index < -0.39 is 0 Å². The smallest absolute Gasteiger partial charge is 0.150 e. The summed E-state index contributed by atoms with van der Waals surface area (Å²) in [4.78, 5) is 3.95. The van der Waals surface area contributed by atoms with Crippen LogP contribution in [0.3, 0.4) is 0 Å². The maximum Gasteiger partial charge on any atom is 0.150 e. The molecule has 0 fully saturated rings. The van der Waals surface area contributed by atoms with Crippen LogP contribution in [0.25, 0.3) is 0 Å². The molecule has 2 rings (SSSR count). The Bertz CT molecular complexity index is 473.